The fourth-order valence-electron chi connectivity index (χ4n) is 0.153. The van der Waals surface area contributed by atoms with Gasteiger partial charge in [0, 0.05) is 12.2 Å². The Kier molecular flexibility index (Phi) is 7.60. The van der Waals surface area contributed by atoms with E-state index in [-0.39, 0.29) is 0 Å². The van der Waals surface area contributed by atoms with Crippen molar-refractivity contribution >= 4 is 11.9 Å². The number of carbonyl (C=O) groups is 2. The Balaban J connectivity index is 0. The predicted molar refractivity (Wildman–Crippen MR) is 49.4 cm³/mol. The zero-order valence-electron chi connectivity index (χ0n) is 8.35. The summed E-state index contributed by atoms with van der Waals surface area (Å²) >= 11 is 0. The third-order valence-corrected chi connectivity index (χ3v) is 0.664. The van der Waals surface area contributed by atoms with Crippen molar-refractivity contribution in [3.05, 3.63) is 12.2 Å². The molecule has 0 radical (unpaired) electrons. The first-order valence-electron chi connectivity index (χ1n) is 3.72. The minimum Gasteiger partial charge on any atom is -0.478 e. The van der Waals surface area contributed by atoms with E-state index < -0.39 is 17.5 Å². The summed E-state index contributed by atoms with van der Waals surface area (Å²) in [5.41, 5.74) is 4.15. The maximum Gasteiger partial charge on any atom is 0.328 e. The monoisotopic (exact) mass is 205 g/mol. The molecule has 0 saturated carbocycles. The maximum absolute atomic E-state index is 9.78. The summed E-state index contributed by atoms with van der Waals surface area (Å²) in [5, 5.41) is 15.8. The smallest absolute Gasteiger partial charge is 0.328 e. The Labute approximate surface area is 81.9 Å². The quantitative estimate of drug-likeness (QED) is 0.343. The fourth-order valence-corrected chi connectivity index (χ4v) is 0.153. The van der Waals surface area contributed by atoms with Crippen molar-refractivity contribution in [3.63, 3.8) is 0 Å². The molecule has 0 unspecified atom stereocenters. The first-order chi connectivity index (χ1) is 6.19. The Morgan fingerprint density at radius 1 is 1.29 bits per heavy atom. The van der Waals surface area contributed by atoms with Crippen LogP contribution in [-0.2, 0) is 14.5 Å². The molecule has 0 aromatic rings. The lowest BCUT2D eigenvalue weighted by atomic mass is 10.2. The second-order valence-electron chi connectivity index (χ2n) is 3.28. The summed E-state index contributed by atoms with van der Waals surface area (Å²) in [6.45, 7) is 5.31. The highest BCUT2D eigenvalue weighted by Crippen LogP contribution is 2.01. The molecule has 0 atom stereocenters. The van der Waals surface area contributed by atoms with E-state index in [0.717, 1.165) is 6.08 Å². The van der Waals surface area contributed by atoms with Gasteiger partial charge in [0.15, 0.2) is 0 Å². The molecule has 0 spiro atoms. The van der Waals surface area contributed by atoms with Crippen molar-refractivity contribution in [2.75, 3.05) is 0 Å². The van der Waals surface area contributed by atoms with E-state index in [4.69, 9.17) is 10.4 Å². The average Bonchev–Trinajstić information content (AvgIpc) is 2.01. The molecule has 4 N–H and O–H groups in total. The third kappa shape index (κ3) is 22.4. The van der Waals surface area contributed by atoms with Crippen LogP contribution in [0.1, 0.15) is 20.8 Å². The van der Waals surface area contributed by atoms with Crippen molar-refractivity contribution in [2.45, 2.75) is 26.4 Å². The van der Waals surface area contributed by atoms with Crippen molar-refractivity contribution in [1.82, 2.24) is 0 Å². The molecule has 14 heavy (non-hydrogen) atoms. The fraction of sp³-hybridized carbons (Fsp3) is 0.500. The van der Waals surface area contributed by atoms with E-state index in [2.05, 4.69) is 10.6 Å². The SMILES string of the molecule is CC(C)(C)OO.NC(=O)/C=C\C(=O)O. The second-order valence-corrected chi connectivity index (χ2v) is 3.28. The number of carboxylic acids is 1. The number of carbonyl (C=O) groups excluding carboxylic acids is 1. The molecule has 0 aromatic heterocycles. The highest BCUT2D eigenvalue weighted by molar-refractivity contribution is 5.92. The number of primary amides is 1. The van der Waals surface area contributed by atoms with Gasteiger partial charge < -0.3 is 10.8 Å². The lowest BCUT2D eigenvalue weighted by molar-refractivity contribution is -0.306. The van der Waals surface area contributed by atoms with Gasteiger partial charge in [0.25, 0.3) is 0 Å². The van der Waals surface area contributed by atoms with Gasteiger partial charge in [-0.3, -0.25) is 10.1 Å². The number of hydrogen-bond acceptors (Lipinski definition) is 4. The second kappa shape index (κ2) is 7.05. The normalized spacial score (nSPS) is 10.6. The number of nitrogens with two attached hydrogens (primary N) is 1. The van der Waals surface area contributed by atoms with Crippen LogP contribution >= 0.6 is 0 Å². The summed E-state index contributed by atoms with van der Waals surface area (Å²) in [6, 6.07) is 0. The van der Waals surface area contributed by atoms with Crippen LogP contribution in [0.5, 0.6) is 0 Å². The van der Waals surface area contributed by atoms with E-state index >= 15 is 0 Å². The van der Waals surface area contributed by atoms with E-state index in [1.54, 1.807) is 20.8 Å². The molecule has 6 heteroatoms. The number of rotatable bonds is 2. The molecule has 0 aliphatic carbocycles. The number of amides is 1. The number of carboxylic acid groups (broad SMARTS) is 1. The summed E-state index contributed by atoms with van der Waals surface area (Å²) in [7, 11) is 0. The van der Waals surface area contributed by atoms with Crippen LogP contribution in [0.2, 0.25) is 0 Å². The van der Waals surface area contributed by atoms with Gasteiger partial charge in [-0.15, -0.1) is 0 Å². The summed E-state index contributed by atoms with van der Waals surface area (Å²) in [6.07, 6.45) is 1.46. The Morgan fingerprint density at radius 3 is 1.71 bits per heavy atom. The summed E-state index contributed by atoms with van der Waals surface area (Å²) in [5.74, 6) is -1.93. The van der Waals surface area contributed by atoms with Crippen molar-refractivity contribution in [2.24, 2.45) is 5.73 Å². The van der Waals surface area contributed by atoms with Gasteiger partial charge in [0.2, 0.25) is 5.91 Å². The molecule has 0 aliphatic rings. The van der Waals surface area contributed by atoms with Gasteiger partial charge in [-0.1, -0.05) is 0 Å². The molecule has 0 heterocycles. The molecular weight excluding hydrogens is 190 g/mol. The zero-order valence-corrected chi connectivity index (χ0v) is 8.35. The number of hydrogen-bond donors (Lipinski definition) is 3. The number of aliphatic carboxylic acids is 1. The molecule has 1 amide bonds. The Morgan fingerprint density at radius 2 is 1.64 bits per heavy atom. The van der Waals surface area contributed by atoms with Gasteiger partial charge in [0.1, 0.15) is 0 Å². The van der Waals surface area contributed by atoms with E-state index in [0.29, 0.717) is 6.08 Å². The highest BCUT2D eigenvalue weighted by atomic mass is 17.1. The summed E-state index contributed by atoms with van der Waals surface area (Å²) in [4.78, 5) is 23.3. The Bertz CT molecular complexity index is 200. The first kappa shape index (κ1) is 15.1. The van der Waals surface area contributed by atoms with Gasteiger partial charge in [0.05, 0.1) is 5.60 Å². The van der Waals surface area contributed by atoms with Crippen LogP contribution in [0.15, 0.2) is 12.2 Å². The zero-order chi connectivity index (χ0) is 11.8. The highest BCUT2D eigenvalue weighted by Gasteiger charge is 2.06. The van der Waals surface area contributed by atoms with Crippen LogP contribution < -0.4 is 5.73 Å². The third-order valence-electron chi connectivity index (χ3n) is 0.664. The van der Waals surface area contributed by atoms with E-state index in [1.165, 1.54) is 0 Å². The van der Waals surface area contributed by atoms with Crippen molar-refractivity contribution in [1.29, 1.82) is 0 Å². The van der Waals surface area contributed by atoms with Crippen LogP contribution in [0, 0.1) is 0 Å². The van der Waals surface area contributed by atoms with E-state index in [1.807, 2.05) is 0 Å². The van der Waals surface area contributed by atoms with Crippen LogP contribution in [0.4, 0.5) is 0 Å². The minimum absolute atomic E-state index is 0.403. The van der Waals surface area contributed by atoms with Gasteiger partial charge in [-0.25, -0.2) is 9.68 Å². The van der Waals surface area contributed by atoms with E-state index in [9.17, 15) is 9.59 Å². The van der Waals surface area contributed by atoms with Gasteiger partial charge >= 0.3 is 5.97 Å². The average molecular weight is 205 g/mol. The molecule has 0 bridgehead atoms. The first-order valence-corrected chi connectivity index (χ1v) is 3.72. The molecule has 0 aliphatic heterocycles. The van der Waals surface area contributed by atoms with Crippen molar-refractivity contribution < 1.29 is 24.8 Å². The lowest BCUT2D eigenvalue weighted by Crippen LogP contribution is -2.15. The Hall–Kier alpha value is -1.40. The summed E-state index contributed by atoms with van der Waals surface area (Å²) < 4.78 is 0. The molecule has 0 aromatic carbocycles. The maximum atomic E-state index is 9.78. The largest absolute Gasteiger partial charge is 0.478 e. The predicted octanol–water partition coefficient (Wildman–Crippen LogP) is 0.387. The molecule has 0 fully saturated rings. The van der Waals surface area contributed by atoms with Gasteiger partial charge in [-0.05, 0) is 20.8 Å². The topological polar surface area (TPSA) is 110 Å². The molecule has 82 valence electrons. The minimum atomic E-state index is -1.18. The van der Waals surface area contributed by atoms with Gasteiger partial charge in [-0.2, -0.15) is 0 Å². The van der Waals surface area contributed by atoms with Crippen LogP contribution in [-0.4, -0.2) is 27.8 Å². The van der Waals surface area contributed by atoms with Crippen molar-refractivity contribution in [3.8, 4) is 0 Å². The molecular formula is C8H15NO5. The standard InChI is InChI=1S/C4H5NO3.C4H10O2/c5-3(6)1-2-4(7)8;1-4(2,3)6-5/h1-2H,(H2,5,6)(H,7,8);5H,1-3H3/b2-1-;. The molecule has 6 nitrogen and oxygen atoms in total. The molecule has 0 saturated heterocycles. The van der Waals surface area contributed by atoms with Crippen LogP contribution in [0.3, 0.4) is 0 Å². The van der Waals surface area contributed by atoms with Crippen LogP contribution in [0.25, 0.3) is 0 Å². The lowest BCUT2D eigenvalue weighted by Gasteiger charge is -2.10. The molecule has 0 rings (SSSR count).